The SMILES string of the molecule is O=C(NS(=O)(=O)c1ccc(NC[C@H]2CN(C3COC3)CCO2)c([N+](=O)[O-])c1)c1ccc(C2=CCC(N3CCCC3c3ccccc3C3CC3)CC2)cc1Oc1cnc2[nH]ccc2c1. The number of nitro benzene ring substituents is 1. The van der Waals surface area contributed by atoms with Crippen LogP contribution in [-0.4, -0.2) is 103 Å². The van der Waals surface area contributed by atoms with Crippen molar-refractivity contribution in [3.05, 3.63) is 124 Å². The number of aromatic amines is 1. The molecule has 3 aromatic carbocycles. The lowest BCUT2D eigenvalue weighted by Crippen LogP contribution is -2.56. The van der Waals surface area contributed by atoms with Gasteiger partial charge in [0.2, 0.25) is 0 Å². The molecule has 3 saturated heterocycles. The van der Waals surface area contributed by atoms with Gasteiger partial charge in [0.1, 0.15) is 22.8 Å². The monoisotopic (exact) mass is 873 g/mol. The summed E-state index contributed by atoms with van der Waals surface area (Å²) in [6.07, 6.45) is 13.0. The maximum absolute atomic E-state index is 14.0. The van der Waals surface area contributed by atoms with E-state index in [0.717, 1.165) is 54.9 Å². The van der Waals surface area contributed by atoms with Crippen LogP contribution in [0.2, 0.25) is 0 Å². The van der Waals surface area contributed by atoms with Crippen LogP contribution in [0.4, 0.5) is 11.4 Å². The first kappa shape index (κ1) is 41.4. The highest BCUT2D eigenvalue weighted by molar-refractivity contribution is 7.90. The molecule has 0 bridgehead atoms. The maximum atomic E-state index is 14.0. The van der Waals surface area contributed by atoms with Crippen LogP contribution in [-0.2, 0) is 19.5 Å². The largest absolute Gasteiger partial charge is 0.455 e. The number of benzene rings is 3. The average molecular weight is 874 g/mol. The van der Waals surface area contributed by atoms with Crippen LogP contribution >= 0.6 is 0 Å². The molecule has 5 aliphatic rings. The number of nitro groups is 1. The predicted molar refractivity (Wildman–Crippen MR) is 237 cm³/mol. The zero-order chi connectivity index (χ0) is 43.1. The second-order valence-electron chi connectivity index (χ2n) is 17.3. The molecule has 328 valence electrons. The van der Waals surface area contributed by atoms with E-state index in [2.05, 4.69) is 60.1 Å². The molecular weight excluding hydrogens is 823 g/mol. The number of rotatable bonds is 14. The van der Waals surface area contributed by atoms with Crippen LogP contribution in [0.1, 0.15) is 84.0 Å². The first-order valence-corrected chi connectivity index (χ1v) is 23.5. The van der Waals surface area contributed by atoms with Crippen molar-refractivity contribution in [2.24, 2.45) is 0 Å². The van der Waals surface area contributed by atoms with Crippen LogP contribution in [0.15, 0.2) is 96.2 Å². The van der Waals surface area contributed by atoms with Crippen molar-refractivity contribution in [2.75, 3.05) is 51.3 Å². The number of amides is 1. The van der Waals surface area contributed by atoms with Gasteiger partial charge in [-0.25, -0.2) is 18.1 Å². The molecule has 63 heavy (non-hydrogen) atoms. The molecule has 5 heterocycles. The number of sulfonamides is 1. The van der Waals surface area contributed by atoms with Gasteiger partial charge in [-0.15, -0.1) is 0 Å². The van der Waals surface area contributed by atoms with Gasteiger partial charge in [0.25, 0.3) is 21.6 Å². The summed E-state index contributed by atoms with van der Waals surface area (Å²) < 4.78 is 47.2. The lowest BCUT2D eigenvalue weighted by atomic mass is 9.88. The Bertz CT molecular complexity index is 2680. The number of fused-ring (bicyclic) bond motifs is 1. The van der Waals surface area contributed by atoms with E-state index in [4.69, 9.17) is 14.2 Å². The third-order valence-electron chi connectivity index (χ3n) is 13.2. The summed E-state index contributed by atoms with van der Waals surface area (Å²) in [4.78, 5) is 37.6. The third kappa shape index (κ3) is 8.82. The van der Waals surface area contributed by atoms with Crippen LogP contribution in [0.3, 0.4) is 0 Å². The second-order valence-corrected chi connectivity index (χ2v) is 19.0. The lowest BCUT2D eigenvalue weighted by Gasteiger charge is -2.42. The van der Waals surface area contributed by atoms with Gasteiger partial charge in [-0.2, -0.15) is 0 Å². The van der Waals surface area contributed by atoms with E-state index >= 15 is 0 Å². The molecule has 3 atom stereocenters. The van der Waals surface area contributed by atoms with Gasteiger partial charge in [0, 0.05) is 49.4 Å². The number of morpholine rings is 1. The topological polar surface area (TPSA) is 181 Å². The van der Waals surface area contributed by atoms with E-state index < -0.39 is 31.4 Å². The highest BCUT2D eigenvalue weighted by Gasteiger charge is 2.37. The first-order chi connectivity index (χ1) is 30.7. The van der Waals surface area contributed by atoms with Gasteiger partial charge in [-0.3, -0.25) is 24.7 Å². The number of hydrogen-bond donors (Lipinski definition) is 3. The molecule has 3 aliphatic heterocycles. The fourth-order valence-corrected chi connectivity index (χ4v) is 10.7. The van der Waals surface area contributed by atoms with Crippen molar-refractivity contribution in [2.45, 2.75) is 80.0 Å². The molecule has 5 aromatic rings. The molecule has 2 aliphatic carbocycles. The number of allylic oxidation sites excluding steroid dienone is 1. The molecule has 0 spiro atoms. The predicted octanol–water partition coefficient (Wildman–Crippen LogP) is 7.54. The van der Waals surface area contributed by atoms with Gasteiger partial charge in [0.05, 0.1) is 53.5 Å². The van der Waals surface area contributed by atoms with Crippen LogP contribution in [0.5, 0.6) is 11.5 Å². The minimum absolute atomic E-state index is 0.0252. The van der Waals surface area contributed by atoms with Crippen molar-refractivity contribution >= 4 is 43.9 Å². The van der Waals surface area contributed by atoms with E-state index in [0.29, 0.717) is 61.8 Å². The number of carbonyl (C=O) groups is 1. The van der Waals surface area contributed by atoms with Gasteiger partial charge in [-0.1, -0.05) is 36.4 Å². The van der Waals surface area contributed by atoms with Crippen molar-refractivity contribution in [3.63, 3.8) is 0 Å². The minimum atomic E-state index is -4.58. The average Bonchev–Trinajstić information content (AvgIpc) is 3.81. The zero-order valence-electron chi connectivity index (χ0n) is 34.9. The molecule has 4 fully saturated rings. The molecule has 15 nitrogen and oxygen atoms in total. The summed E-state index contributed by atoms with van der Waals surface area (Å²) in [6.45, 7) is 4.68. The number of H-pyrrole nitrogens is 1. The quantitative estimate of drug-likeness (QED) is 0.0738. The highest BCUT2D eigenvalue weighted by Crippen LogP contribution is 2.47. The Morgan fingerprint density at radius 1 is 0.984 bits per heavy atom. The van der Waals surface area contributed by atoms with E-state index in [-0.39, 0.29) is 29.6 Å². The molecule has 2 unspecified atom stereocenters. The number of hydrogen-bond acceptors (Lipinski definition) is 12. The smallest absolute Gasteiger partial charge is 0.293 e. The normalized spacial score (nSPS) is 22.3. The summed E-state index contributed by atoms with van der Waals surface area (Å²) in [5, 5.41) is 16.1. The molecule has 3 N–H and O–H groups in total. The molecular formula is C47H51N7O8S. The van der Waals surface area contributed by atoms with Crippen molar-refractivity contribution in [1.82, 2.24) is 24.5 Å². The molecule has 1 saturated carbocycles. The number of nitrogens with one attached hydrogen (secondary N) is 3. The fraction of sp³-hybridized carbons (Fsp3) is 0.404. The van der Waals surface area contributed by atoms with Crippen LogP contribution in [0.25, 0.3) is 16.6 Å². The van der Waals surface area contributed by atoms with Gasteiger partial charge in [-0.05, 0) is 116 Å². The van der Waals surface area contributed by atoms with Gasteiger partial charge in [0.15, 0.2) is 0 Å². The van der Waals surface area contributed by atoms with Crippen LogP contribution in [0, 0.1) is 10.1 Å². The van der Waals surface area contributed by atoms with Gasteiger partial charge >= 0.3 is 0 Å². The van der Waals surface area contributed by atoms with Crippen molar-refractivity contribution in [1.29, 1.82) is 0 Å². The number of aromatic nitrogens is 2. The molecule has 16 heteroatoms. The zero-order valence-corrected chi connectivity index (χ0v) is 35.7. The second kappa shape index (κ2) is 17.5. The number of pyridine rings is 1. The number of anilines is 1. The van der Waals surface area contributed by atoms with Crippen LogP contribution < -0.4 is 14.8 Å². The minimum Gasteiger partial charge on any atom is -0.455 e. The summed E-state index contributed by atoms with van der Waals surface area (Å²) in [5.74, 6) is 0.265. The third-order valence-corrected chi connectivity index (χ3v) is 14.6. The molecule has 10 rings (SSSR count). The van der Waals surface area contributed by atoms with E-state index in [9.17, 15) is 23.3 Å². The Hall–Kier alpha value is -5.65. The molecule has 2 aromatic heterocycles. The standard InChI is InChI=1S/C47H51N7O8S/c55-47(51-63(58,59)38-14-16-42(44(24-38)54(56)57)49-26-37-27-52(20-21-61-37)35-28-60-29-35)41-15-11-32(23-45(41)62-36-22-33-17-18-48-46(33)50-25-36)30-9-12-34(13-10-30)53-19-3-6-43(53)40-5-2-1-4-39(40)31-7-8-31/h1-2,4-5,9,11,14-18,22-25,31,34-35,37,43,49H,3,6-8,10,12-13,19-21,26-29H2,(H,48,50)(H,51,55)/t34?,37-,43?/m0/s1. The number of nitrogens with zero attached hydrogens (tertiary/aromatic N) is 4. The Morgan fingerprint density at radius 3 is 2.62 bits per heavy atom. The van der Waals surface area contributed by atoms with E-state index in [1.54, 1.807) is 24.4 Å². The van der Waals surface area contributed by atoms with E-state index in [1.807, 2.05) is 12.1 Å². The summed E-state index contributed by atoms with van der Waals surface area (Å²) in [6, 6.07) is 22.5. The summed E-state index contributed by atoms with van der Waals surface area (Å²) in [7, 11) is -4.58. The Kier molecular flexibility index (Phi) is 11.5. The highest BCUT2D eigenvalue weighted by atomic mass is 32.2. The summed E-state index contributed by atoms with van der Waals surface area (Å²) >= 11 is 0. The molecule has 1 amide bonds. The lowest BCUT2D eigenvalue weighted by molar-refractivity contribution is -0.384. The van der Waals surface area contributed by atoms with Gasteiger partial charge < -0.3 is 24.5 Å². The number of carbonyl (C=O) groups excluding carboxylic acids is 1. The van der Waals surface area contributed by atoms with E-state index in [1.165, 1.54) is 55.1 Å². The summed E-state index contributed by atoms with van der Waals surface area (Å²) in [5.41, 5.74) is 5.36. The van der Waals surface area contributed by atoms with Crippen molar-refractivity contribution < 1.29 is 32.3 Å². The Balaban J connectivity index is 0.869. The number of likely N-dealkylation sites (tertiary alicyclic amines) is 1. The fourth-order valence-electron chi connectivity index (χ4n) is 9.69. The maximum Gasteiger partial charge on any atom is 0.293 e. The Morgan fingerprint density at radius 2 is 1.84 bits per heavy atom. The first-order valence-electron chi connectivity index (χ1n) is 22.0. The van der Waals surface area contributed by atoms with Crippen molar-refractivity contribution in [3.8, 4) is 11.5 Å². The number of ether oxygens (including phenoxy) is 3. The Labute approximate surface area is 366 Å². The molecule has 0 radical (unpaired) electrons.